The monoisotopic (exact) mass is 222 g/mol. The molecule has 0 aliphatic carbocycles. The van der Waals surface area contributed by atoms with Crippen LogP contribution in [0.3, 0.4) is 0 Å². The number of benzene rings is 1. The second-order valence-corrected chi connectivity index (χ2v) is 4.75. The van der Waals surface area contributed by atoms with Crippen LogP contribution in [0.4, 0.5) is 0 Å². The first-order chi connectivity index (χ1) is 6.79. The highest BCUT2D eigenvalue weighted by Gasteiger charge is 2.14. The summed E-state index contributed by atoms with van der Waals surface area (Å²) in [6.45, 7) is 9.52. The third kappa shape index (κ3) is 4.05. The van der Waals surface area contributed by atoms with E-state index in [9.17, 15) is 4.79 Å². The molecule has 0 amide bonds. The third-order valence-electron chi connectivity index (χ3n) is 2.01. The van der Waals surface area contributed by atoms with Crippen LogP contribution in [0.1, 0.15) is 51.0 Å². The molecule has 0 N–H and O–H groups in total. The first-order valence-electron chi connectivity index (χ1n) is 5.10. The number of hydrogen-bond acceptors (Lipinski definition) is 2. The SMILES string of the molecule is C.CC(=O)c1ccc(C)c(OC(C)(C)C)c1. The fourth-order valence-electron chi connectivity index (χ4n) is 1.26. The Morgan fingerprint density at radius 2 is 1.81 bits per heavy atom. The summed E-state index contributed by atoms with van der Waals surface area (Å²) >= 11 is 0. The zero-order chi connectivity index (χ0) is 11.6. The van der Waals surface area contributed by atoms with Crippen LogP contribution in [0.5, 0.6) is 5.75 Å². The second-order valence-electron chi connectivity index (χ2n) is 4.75. The van der Waals surface area contributed by atoms with Gasteiger partial charge in [0.25, 0.3) is 0 Å². The van der Waals surface area contributed by atoms with Gasteiger partial charge in [0.05, 0.1) is 0 Å². The minimum atomic E-state index is -0.236. The van der Waals surface area contributed by atoms with Crippen molar-refractivity contribution in [3.8, 4) is 5.75 Å². The Labute approximate surface area is 98.6 Å². The average molecular weight is 222 g/mol. The molecule has 0 unspecified atom stereocenters. The number of rotatable bonds is 2. The molecule has 0 aliphatic heterocycles. The van der Waals surface area contributed by atoms with Crippen LogP contribution >= 0.6 is 0 Å². The predicted octanol–water partition coefficient (Wildman–Crippen LogP) is 4.01. The number of Topliss-reactive ketones (excluding diaryl/α,β-unsaturated/α-hetero) is 1. The zero-order valence-electron chi connectivity index (χ0n) is 10.0. The minimum absolute atomic E-state index is 0. The molecule has 1 rings (SSSR count). The molecule has 0 fully saturated rings. The van der Waals surface area contributed by atoms with Gasteiger partial charge < -0.3 is 4.74 Å². The number of aryl methyl sites for hydroxylation is 1. The lowest BCUT2D eigenvalue weighted by Crippen LogP contribution is -2.23. The molecule has 2 nitrogen and oxygen atoms in total. The fraction of sp³-hybridized carbons (Fsp3) is 0.500. The lowest BCUT2D eigenvalue weighted by atomic mass is 10.1. The normalized spacial score (nSPS) is 10.6. The van der Waals surface area contributed by atoms with Crippen molar-refractivity contribution in [2.75, 3.05) is 0 Å². The van der Waals surface area contributed by atoms with Gasteiger partial charge in [-0.25, -0.2) is 0 Å². The van der Waals surface area contributed by atoms with E-state index in [2.05, 4.69) is 0 Å². The molecule has 0 aliphatic rings. The van der Waals surface area contributed by atoms with E-state index in [-0.39, 0.29) is 18.8 Å². The van der Waals surface area contributed by atoms with Gasteiger partial charge in [-0.15, -0.1) is 0 Å². The molecular formula is C14H22O2. The molecule has 1 aromatic carbocycles. The summed E-state index contributed by atoms with van der Waals surface area (Å²) < 4.78 is 5.77. The van der Waals surface area contributed by atoms with Crippen LogP contribution in [0.2, 0.25) is 0 Å². The molecule has 0 saturated carbocycles. The van der Waals surface area contributed by atoms with Gasteiger partial charge in [0.15, 0.2) is 5.78 Å². The van der Waals surface area contributed by atoms with Crippen molar-refractivity contribution >= 4 is 5.78 Å². The molecule has 0 saturated heterocycles. The Balaban J connectivity index is 0.00000225. The highest BCUT2D eigenvalue weighted by molar-refractivity contribution is 5.94. The number of hydrogen-bond donors (Lipinski definition) is 0. The van der Waals surface area contributed by atoms with Crippen LogP contribution in [0.15, 0.2) is 18.2 Å². The summed E-state index contributed by atoms with van der Waals surface area (Å²) in [7, 11) is 0. The molecule has 0 bridgehead atoms. The lowest BCUT2D eigenvalue weighted by molar-refractivity contribution is 0.101. The summed E-state index contributed by atoms with van der Waals surface area (Å²) in [6, 6.07) is 5.55. The van der Waals surface area contributed by atoms with E-state index in [1.807, 2.05) is 45.9 Å². The molecular weight excluding hydrogens is 200 g/mol. The molecule has 0 heterocycles. The highest BCUT2D eigenvalue weighted by atomic mass is 16.5. The number of carbonyl (C=O) groups excluding carboxylic acids is 1. The van der Waals surface area contributed by atoms with Crippen molar-refractivity contribution in [1.82, 2.24) is 0 Å². The largest absolute Gasteiger partial charge is 0.488 e. The van der Waals surface area contributed by atoms with Gasteiger partial charge in [0.2, 0.25) is 0 Å². The van der Waals surface area contributed by atoms with Crippen molar-refractivity contribution in [1.29, 1.82) is 0 Å². The Morgan fingerprint density at radius 3 is 2.25 bits per heavy atom. The quantitative estimate of drug-likeness (QED) is 0.707. The van der Waals surface area contributed by atoms with E-state index in [4.69, 9.17) is 4.74 Å². The standard InChI is InChI=1S/C13H18O2.CH4/c1-9-6-7-11(10(2)14)8-12(9)15-13(3,4)5;/h6-8H,1-5H3;1H4. The van der Waals surface area contributed by atoms with Crippen molar-refractivity contribution < 1.29 is 9.53 Å². The van der Waals surface area contributed by atoms with Gasteiger partial charge in [-0.3, -0.25) is 4.79 Å². The van der Waals surface area contributed by atoms with Crippen molar-refractivity contribution in [3.05, 3.63) is 29.3 Å². The van der Waals surface area contributed by atoms with Gasteiger partial charge in [0.1, 0.15) is 11.4 Å². The Morgan fingerprint density at radius 1 is 1.25 bits per heavy atom. The maximum absolute atomic E-state index is 11.2. The lowest BCUT2D eigenvalue weighted by Gasteiger charge is -2.22. The van der Waals surface area contributed by atoms with Gasteiger partial charge in [0, 0.05) is 5.56 Å². The van der Waals surface area contributed by atoms with Crippen LogP contribution in [-0.4, -0.2) is 11.4 Å². The van der Waals surface area contributed by atoms with Gasteiger partial charge in [-0.1, -0.05) is 19.6 Å². The third-order valence-corrected chi connectivity index (χ3v) is 2.01. The molecule has 90 valence electrons. The Bertz CT molecular complexity index is 373. The average Bonchev–Trinajstić information content (AvgIpc) is 2.06. The summed E-state index contributed by atoms with van der Waals surface area (Å²) in [5.41, 5.74) is 1.51. The molecule has 2 heteroatoms. The van der Waals surface area contributed by atoms with Crippen molar-refractivity contribution in [2.24, 2.45) is 0 Å². The highest BCUT2D eigenvalue weighted by Crippen LogP contribution is 2.24. The van der Waals surface area contributed by atoms with Crippen LogP contribution in [0.25, 0.3) is 0 Å². The fourth-order valence-corrected chi connectivity index (χ4v) is 1.26. The smallest absolute Gasteiger partial charge is 0.159 e. The predicted molar refractivity (Wildman–Crippen MR) is 68.3 cm³/mol. The first kappa shape index (κ1) is 14.7. The van der Waals surface area contributed by atoms with Crippen LogP contribution in [0, 0.1) is 6.92 Å². The number of ketones is 1. The van der Waals surface area contributed by atoms with Crippen LogP contribution in [-0.2, 0) is 0 Å². The maximum atomic E-state index is 11.2. The molecule has 0 radical (unpaired) electrons. The van der Waals surface area contributed by atoms with E-state index in [0.717, 1.165) is 11.3 Å². The summed E-state index contributed by atoms with van der Waals surface area (Å²) in [5, 5.41) is 0. The first-order valence-corrected chi connectivity index (χ1v) is 5.10. The van der Waals surface area contributed by atoms with Crippen molar-refractivity contribution in [3.63, 3.8) is 0 Å². The molecule has 0 spiro atoms. The second kappa shape index (κ2) is 5.15. The topological polar surface area (TPSA) is 26.3 Å². The number of ether oxygens (including phenoxy) is 1. The van der Waals surface area contributed by atoms with E-state index in [0.29, 0.717) is 5.56 Å². The van der Waals surface area contributed by atoms with E-state index in [1.165, 1.54) is 0 Å². The molecule has 1 aromatic rings. The zero-order valence-corrected chi connectivity index (χ0v) is 10.0. The van der Waals surface area contributed by atoms with E-state index < -0.39 is 0 Å². The summed E-state index contributed by atoms with van der Waals surface area (Å²) in [4.78, 5) is 11.2. The Kier molecular flexibility index (Phi) is 4.73. The molecule has 0 aromatic heterocycles. The van der Waals surface area contributed by atoms with Crippen LogP contribution < -0.4 is 4.74 Å². The summed E-state index contributed by atoms with van der Waals surface area (Å²) in [5.74, 6) is 0.851. The van der Waals surface area contributed by atoms with Crippen molar-refractivity contribution in [2.45, 2.75) is 47.6 Å². The maximum Gasteiger partial charge on any atom is 0.159 e. The summed E-state index contributed by atoms with van der Waals surface area (Å²) in [6.07, 6.45) is 0. The Hall–Kier alpha value is -1.31. The minimum Gasteiger partial charge on any atom is -0.488 e. The van der Waals surface area contributed by atoms with E-state index >= 15 is 0 Å². The molecule has 0 atom stereocenters. The van der Waals surface area contributed by atoms with Gasteiger partial charge >= 0.3 is 0 Å². The number of carbonyl (C=O) groups is 1. The van der Waals surface area contributed by atoms with E-state index in [1.54, 1.807) is 6.92 Å². The van der Waals surface area contributed by atoms with Gasteiger partial charge in [-0.2, -0.15) is 0 Å². The van der Waals surface area contributed by atoms with Gasteiger partial charge in [-0.05, 0) is 46.2 Å². The molecule has 16 heavy (non-hydrogen) atoms.